The summed E-state index contributed by atoms with van der Waals surface area (Å²) in [4.78, 5) is 12.0. The lowest BCUT2D eigenvalue weighted by molar-refractivity contribution is 0.0339. The summed E-state index contributed by atoms with van der Waals surface area (Å²) in [5.74, 6) is -0.476. The highest BCUT2D eigenvalue weighted by Gasteiger charge is 2.16. The molecule has 1 unspecified atom stereocenters. The number of nitrogen functional groups attached to an aromatic ring is 1. The summed E-state index contributed by atoms with van der Waals surface area (Å²) >= 11 is 5.85. The smallest absolute Gasteiger partial charge is 0.340 e. The van der Waals surface area contributed by atoms with Crippen LogP contribution < -0.4 is 5.73 Å². The van der Waals surface area contributed by atoms with Gasteiger partial charge >= 0.3 is 5.97 Å². The Balaban J connectivity index is 2.15. The number of carbonyl (C=O) groups excluding carboxylic acids is 1. The van der Waals surface area contributed by atoms with Gasteiger partial charge in [-0.1, -0.05) is 41.9 Å². The van der Waals surface area contributed by atoms with Crippen molar-refractivity contribution in [3.05, 3.63) is 64.7 Å². The highest BCUT2D eigenvalue weighted by Crippen LogP contribution is 2.22. The Kier molecular flexibility index (Phi) is 4.07. The molecule has 0 aliphatic heterocycles. The second kappa shape index (κ2) is 5.76. The van der Waals surface area contributed by atoms with Crippen LogP contribution in [0.25, 0.3) is 0 Å². The lowest BCUT2D eigenvalue weighted by Crippen LogP contribution is -2.11. The topological polar surface area (TPSA) is 52.3 Å². The van der Waals surface area contributed by atoms with Crippen molar-refractivity contribution in [3.8, 4) is 0 Å². The summed E-state index contributed by atoms with van der Waals surface area (Å²) in [5.41, 5.74) is 7.32. The number of hydrogen-bond donors (Lipinski definition) is 1. The molecule has 0 fully saturated rings. The van der Waals surface area contributed by atoms with Gasteiger partial charge in [0.05, 0.1) is 5.56 Å². The first-order valence-corrected chi connectivity index (χ1v) is 6.26. The van der Waals surface area contributed by atoms with Gasteiger partial charge < -0.3 is 10.5 Å². The van der Waals surface area contributed by atoms with E-state index in [9.17, 15) is 4.79 Å². The summed E-state index contributed by atoms with van der Waals surface area (Å²) in [7, 11) is 0. The van der Waals surface area contributed by atoms with Gasteiger partial charge in [-0.25, -0.2) is 4.79 Å². The molecule has 98 valence electrons. The number of rotatable bonds is 3. The number of benzene rings is 2. The number of carbonyl (C=O) groups is 1. The third kappa shape index (κ3) is 3.26. The normalized spacial score (nSPS) is 11.9. The molecule has 0 aliphatic rings. The van der Waals surface area contributed by atoms with E-state index in [0.717, 1.165) is 5.56 Å². The molecule has 3 nitrogen and oxygen atoms in total. The summed E-state index contributed by atoms with van der Waals surface area (Å²) < 4.78 is 5.38. The standard InChI is InChI=1S/C15H14ClNO2/c1-10(11-5-3-2-4-6-11)19-15(18)13-9-12(16)7-8-14(13)17/h2-10H,17H2,1H3. The molecule has 2 aromatic rings. The number of ether oxygens (including phenoxy) is 1. The fraction of sp³-hybridized carbons (Fsp3) is 0.133. The number of halogens is 1. The molecule has 0 radical (unpaired) electrons. The molecular formula is C15H14ClNO2. The first kappa shape index (κ1) is 13.4. The molecule has 0 aliphatic carbocycles. The van der Waals surface area contributed by atoms with Gasteiger partial charge in [-0.3, -0.25) is 0 Å². The molecule has 0 heterocycles. The molecule has 0 aromatic heterocycles. The molecule has 4 heteroatoms. The number of nitrogens with two attached hydrogens (primary N) is 1. The van der Waals surface area contributed by atoms with Crippen molar-refractivity contribution in [3.63, 3.8) is 0 Å². The molecule has 0 spiro atoms. The number of esters is 1. The Hall–Kier alpha value is -2.00. The Morgan fingerprint density at radius 2 is 1.89 bits per heavy atom. The van der Waals surface area contributed by atoms with Crippen LogP contribution in [0.3, 0.4) is 0 Å². The fourth-order valence-electron chi connectivity index (χ4n) is 1.72. The van der Waals surface area contributed by atoms with Crippen molar-refractivity contribution < 1.29 is 9.53 Å². The average Bonchev–Trinajstić information content (AvgIpc) is 2.42. The molecule has 2 N–H and O–H groups in total. The second-order valence-corrected chi connectivity index (χ2v) is 4.63. The average molecular weight is 276 g/mol. The zero-order chi connectivity index (χ0) is 13.8. The van der Waals surface area contributed by atoms with Crippen LogP contribution in [0.4, 0.5) is 5.69 Å². The molecule has 0 bridgehead atoms. The predicted molar refractivity (Wildman–Crippen MR) is 76.1 cm³/mol. The van der Waals surface area contributed by atoms with E-state index >= 15 is 0 Å². The Labute approximate surface area is 117 Å². The van der Waals surface area contributed by atoms with E-state index in [1.807, 2.05) is 37.3 Å². The zero-order valence-electron chi connectivity index (χ0n) is 10.5. The SMILES string of the molecule is CC(OC(=O)c1cc(Cl)ccc1N)c1ccccc1. The van der Waals surface area contributed by atoms with E-state index in [1.54, 1.807) is 12.1 Å². The Morgan fingerprint density at radius 3 is 2.58 bits per heavy atom. The van der Waals surface area contributed by atoms with Crippen molar-refractivity contribution in [2.45, 2.75) is 13.0 Å². The van der Waals surface area contributed by atoms with E-state index in [2.05, 4.69) is 0 Å². The summed E-state index contributed by atoms with van der Waals surface area (Å²) in [5, 5.41) is 0.452. The number of hydrogen-bond acceptors (Lipinski definition) is 3. The van der Waals surface area contributed by atoms with Crippen molar-refractivity contribution in [1.82, 2.24) is 0 Å². The minimum absolute atomic E-state index is 0.287. The monoisotopic (exact) mass is 275 g/mol. The third-order valence-corrected chi connectivity index (χ3v) is 3.02. The van der Waals surface area contributed by atoms with Gasteiger partial charge in [0.1, 0.15) is 6.10 Å². The Morgan fingerprint density at radius 1 is 1.21 bits per heavy atom. The van der Waals surface area contributed by atoms with Crippen LogP contribution in [-0.2, 0) is 4.74 Å². The van der Waals surface area contributed by atoms with Crippen molar-refractivity contribution >= 4 is 23.3 Å². The third-order valence-electron chi connectivity index (χ3n) is 2.79. The summed E-state index contributed by atoms with van der Waals surface area (Å²) in [6, 6.07) is 14.2. The van der Waals surface area contributed by atoms with Gasteiger partial charge in [-0.05, 0) is 30.7 Å². The lowest BCUT2D eigenvalue weighted by Gasteiger charge is -2.14. The molecular weight excluding hydrogens is 262 g/mol. The number of anilines is 1. The second-order valence-electron chi connectivity index (χ2n) is 4.19. The molecule has 2 aromatic carbocycles. The molecule has 0 saturated heterocycles. The maximum Gasteiger partial charge on any atom is 0.340 e. The highest BCUT2D eigenvalue weighted by molar-refractivity contribution is 6.31. The van der Waals surface area contributed by atoms with Crippen LogP contribution in [0, 0.1) is 0 Å². The lowest BCUT2D eigenvalue weighted by atomic mass is 10.1. The van der Waals surface area contributed by atoms with Gasteiger partial charge in [0.2, 0.25) is 0 Å². The van der Waals surface area contributed by atoms with E-state index in [0.29, 0.717) is 10.7 Å². The minimum Gasteiger partial charge on any atom is -0.454 e. The predicted octanol–water partition coefficient (Wildman–Crippen LogP) is 3.84. The first-order chi connectivity index (χ1) is 9.08. The van der Waals surface area contributed by atoms with Crippen molar-refractivity contribution in [1.29, 1.82) is 0 Å². The summed E-state index contributed by atoms with van der Waals surface area (Å²) in [6.07, 6.45) is -0.341. The van der Waals surface area contributed by atoms with E-state index < -0.39 is 5.97 Å². The first-order valence-electron chi connectivity index (χ1n) is 5.89. The van der Waals surface area contributed by atoms with Gasteiger partial charge in [0.25, 0.3) is 0 Å². The van der Waals surface area contributed by atoms with E-state index in [4.69, 9.17) is 22.1 Å². The summed E-state index contributed by atoms with van der Waals surface area (Å²) in [6.45, 7) is 1.81. The highest BCUT2D eigenvalue weighted by atomic mass is 35.5. The largest absolute Gasteiger partial charge is 0.454 e. The van der Waals surface area contributed by atoms with E-state index in [-0.39, 0.29) is 11.7 Å². The van der Waals surface area contributed by atoms with Gasteiger partial charge in [-0.15, -0.1) is 0 Å². The quantitative estimate of drug-likeness (QED) is 0.684. The molecule has 1 atom stereocenters. The van der Waals surface area contributed by atoms with Crippen LogP contribution >= 0.6 is 11.6 Å². The van der Waals surface area contributed by atoms with Crippen LogP contribution in [0.1, 0.15) is 28.9 Å². The minimum atomic E-state index is -0.476. The Bertz CT molecular complexity index is 584. The molecule has 0 amide bonds. The van der Waals surface area contributed by atoms with Crippen LogP contribution in [-0.4, -0.2) is 5.97 Å². The fourth-order valence-corrected chi connectivity index (χ4v) is 1.89. The van der Waals surface area contributed by atoms with Crippen LogP contribution in [0.15, 0.2) is 48.5 Å². The van der Waals surface area contributed by atoms with Crippen molar-refractivity contribution in [2.24, 2.45) is 0 Å². The maximum atomic E-state index is 12.0. The van der Waals surface area contributed by atoms with Gasteiger partial charge in [0, 0.05) is 10.7 Å². The molecule has 0 saturated carbocycles. The molecule has 19 heavy (non-hydrogen) atoms. The van der Waals surface area contributed by atoms with Crippen molar-refractivity contribution in [2.75, 3.05) is 5.73 Å². The van der Waals surface area contributed by atoms with Gasteiger partial charge in [-0.2, -0.15) is 0 Å². The molecule has 2 rings (SSSR count). The van der Waals surface area contributed by atoms with Crippen LogP contribution in [0.2, 0.25) is 5.02 Å². The zero-order valence-corrected chi connectivity index (χ0v) is 11.2. The van der Waals surface area contributed by atoms with Gasteiger partial charge in [0.15, 0.2) is 0 Å². The maximum absolute atomic E-state index is 12.0. The van der Waals surface area contributed by atoms with Crippen LogP contribution in [0.5, 0.6) is 0 Å². The van der Waals surface area contributed by atoms with E-state index in [1.165, 1.54) is 6.07 Å².